The monoisotopic (exact) mass is 588 g/mol. The van der Waals surface area contributed by atoms with Gasteiger partial charge in [0.05, 0.1) is 30.0 Å². The van der Waals surface area contributed by atoms with Gasteiger partial charge in [-0.15, -0.1) is 11.3 Å². The largest absolute Gasteiger partial charge is 0.465 e. The molecule has 0 fully saturated rings. The number of hydrogen-bond acceptors (Lipinski definition) is 6. The maximum Gasteiger partial charge on any atom is 0.411 e. The number of amides is 1. The fourth-order valence-corrected chi connectivity index (χ4v) is 4.79. The molecule has 7 nitrogen and oxygen atoms in total. The second kappa shape index (κ2) is 11.1. The van der Waals surface area contributed by atoms with E-state index in [1.165, 1.54) is 4.90 Å². The molecule has 0 aliphatic rings. The van der Waals surface area contributed by atoms with Gasteiger partial charge in [0.25, 0.3) is 0 Å². The van der Waals surface area contributed by atoms with Crippen molar-refractivity contribution in [2.45, 2.75) is 0 Å². The maximum absolute atomic E-state index is 11.8. The van der Waals surface area contributed by atoms with Gasteiger partial charge >= 0.3 is 6.09 Å². The van der Waals surface area contributed by atoms with Crippen LogP contribution >= 0.6 is 33.9 Å². The minimum atomic E-state index is -0.995. The van der Waals surface area contributed by atoms with Gasteiger partial charge in [0, 0.05) is 41.5 Å². The highest BCUT2D eigenvalue weighted by molar-refractivity contribution is 14.1. The minimum absolute atomic E-state index is 0.287. The second-order valence-corrected chi connectivity index (χ2v) is 9.89. The first-order valence-electron chi connectivity index (χ1n) is 10.7. The lowest BCUT2D eigenvalue weighted by molar-refractivity contribution is 0.154. The van der Waals surface area contributed by atoms with Crippen molar-refractivity contribution in [1.29, 1.82) is 0 Å². The number of nitrogens with zero attached hydrogens (tertiary/aromatic N) is 4. The maximum atomic E-state index is 11.8. The third kappa shape index (κ3) is 5.65. The van der Waals surface area contributed by atoms with E-state index in [2.05, 4.69) is 57.9 Å². The number of halogens is 1. The van der Waals surface area contributed by atoms with E-state index in [0.717, 1.165) is 42.2 Å². The first-order chi connectivity index (χ1) is 16.5. The molecule has 0 saturated carbocycles. The van der Waals surface area contributed by atoms with Crippen LogP contribution in [0.25, 0.3) is 31.9 Å². The first kappa shape index (κ1) is 24.4. The van der Waals surface area contributed by atoms with Crippen molar-refractivity contribution >= 4 is 61.7 Å². The smallest absolute Gasteiger partial charge is 0.411 e. The van der Waals surface area contributed by atoms with Gasteiger partial charge < -0.3 is 14.7 Å². The molecule has 0 radical (unpaired) electrons. The first-order valence-corrected chi connectivity index (χ1v) is 13.1. The Balaban J connectivity index is 1.53. The quantitative estimate of drug-likeness (QED) is 0.146. The second-order valence-electron chi connectivity index (χ2n) is 7.78. The van der Waals surface area contributed by atoms with Crippen LogP contribution in [0.5, 0.6) is 0 Å². The van der Waals surface area contributed by atoms with Crippen LogP contribution in [0.3, 0.4) is 0 Å². The molecular formula is C25H25IN4O3S. The number of benzene rings is 2. The summed E-state index contributed by atoms with van der Waals surface area (Å²) in [5.41, 5.74) is 4.64. The van der Waals surface area contributed by atoms with Crippen molar-refractivity contribution in [3.63, 3.8) is 0 Å². The molecule has 0 aliphatic carbocycles. The topological polar surface area (TPSA) is 78.8 Å². The lowest BCUT2D eigenvalue weighted by atomic mass is 10.1. The molecule has 0 aliphatic heterocycles. The average Bonchev–Trinajstić information content (AvgIpc) is 3.27. The molecule has 0 atom stereocenters. The highest BCUT2D eigenvalue weighted by Gasteiger charge is 2.16. The van der Waals surface area contributed by atoms with Crippen LogP contribution in [0.2, 0.25) is 0 Å². The molecule has 1 N–H and O–H groups in total. The van der Waals surface area contributed by atoms with Gasteiger partial charge in [-0.2, -0.15) is 0 Å². The van der Waals surface area contributed by atoms with E-state index in [1.54, 1.807) is 17.4 Å². The van der Waals surface area contributed by atoms with E-state index < -0.39 is 6.09 Å². The van der Waals surface area contributed by atoms with Crippen molar-refractivity contribution < 1.29 is 14.6 Å². The number of alkyl halides is 1. The number of aromatic nitrogens is 2. The highest BCUT2D eigenvalue weighted by atomic mass is 127. The number of rotatable bonds is 9. The lowest BCUT2D eigenvalue weighted by Gasteiger charge is -2.19. The van der Waals surface area contributed by atoms with Crippen LogP contribution in [-0.2, 0) is 4.74 Å². The van der Waals surface area contributed by atoms with Crippen LogP contribution < -0.4 is 9.80 Å². The summed E-state index contributed by atoms with van der Waals surface area (Å²) in [4.78, 5) is 24.3. The number of pyridine rings is 1. The summed E-state index contributed by atoms with van der Waals surface area (Å²) in [5.74, 6) is 0.920. The lowest BCUT2D eigenvalue weighted by Crippen LogP contribution is -2.32. The molecule has 2 aromatic carbocycles. The summed E-state index contributed by atoms with van der Waals surface area (Å²) in [6.45, 7) is 1.26. The van der Waals surface area contributed by atoms with Gasteiger partial charge in [-0.1, -0.05) is 46.9 Å². The molecule has 1 amide bonds. The van der Waals surface area contributed by atoms with Crippen molar-refractivity contribution in [1.82, 2.24) is 9.97 Å². The van der Waals surface area contributed by atoms with E-state index in [9.17, 15) is 9.90 Å². The molecule has 2 aromatic heterocycles. The van der Waals surface area contributed by atoms with Crippen molar-refractivity contribution in [2.24, 2.45) is 0 Å². The van der Waals surface area contributed by atoms with Gasteiger partial charge in [-0.05, 0) is 35.9 Å². The highest BCUT2D eigenvalue weighted by Crippen LogP contribution is 2.33. The van der Waals surface area contributed by atoms with Crippen LogP contribution in [0.4, 0.5) is 16.3 Å². The molecular weight excluding hydrogens is 563 g/mol. The fourth-order valence-electron chi connectivity index (χ4n) is 3.48. The Hall–Kier alpha value is -2.76. The molecule has 2 heterocycles. The molecule has 0 spiro atoms. The number of carbonyl (C=O) groups is 1. The van der Waals surface area contributed by atoms with Crippen molar-refractivity contribution in [3.8, 4) is 21.7 Å². The van der Waals surface area contributed by atoms with Gasteiger partial charge in [0.1, 0.15) is 10.8 Å². The number of thiazole rings is 1. The number of carboxylic acid groups (broad SMARTS) is 1. The zero-order valence-electron chi connectivity index (χ0n) is 18.9. The third-order valence-electron chi connectivity index (χ3n) is 5.27. The normalized spacial score (nSPS) is 11.0. The Labute approximate surface area is 216 Å². The Morgan fingerprint density at radius 2 is 1.76 bits per heavy atom. The minimum Gasteiger partial charge on any atom is -0.465 e. The predicted octanol–water partition coefficient (Wildman–Crippen LogP) is 6.03. The summed E-state index contributed by atoms with van der Waals surface area (Å²) in [6, 6.07) is 17.9. The van der Waals surface area contributed by atoms with Gasteiger partial charge in [-0.25, -0.2) is 14.8 Å². The molecule has 176 valence electrons. The van der Waals surface area contributed by atoms with Crippen molar-refractivity contribution in [2.75, 3.05) is 48.1 Å². The van der Waals surface area contributed by atoms with Crippen molar-refractivity contribution in [3.05, 3.63) is 60.8 Å². The summed E-state index contributed by atoms with van der Waals surface area (Å²) < 4.78 is 7.28. The number of anilines is 2. The Morgan fingerprint density at radius 3 is 2.41 bits per heavy atom. The summed E-state index contributed by atoms with van der Waals surface area (Å²) >= 11 is 3.78. The van der Waals surface area contributed by atoms with E-state index in [0.29, 0.717) is 18.9 Å². The zero-order valence-corrected chi connectivity index (χ0v) is 21.9. The summed E-state index contributed by atoms with van der Waals surface area (Å²) in [6.07, 6.45) is 0.885. The Bertz CT molecular complexity index is 1260. The number of ether oxygens (including phenoxy) is 1. The molecule has 0 bridgehead atoms. The molecule has 0 unspecified atom stereocenters. The van der Waals surface area contributed by atoms with Crippen LogP contribution in [0.15, 0.2) is 60.8 Å². The molecule has 4 rings (SSSR count). The molecule has 9 heteroatoms. The Morgan fingerprint density at radius 1 is 1.03 bits per heavy atom. The molecule has 4 aromatic rings. The van der Waals surface area contributed by atoms with E-state index in [1.807, 2.05) is 43.4 Å². The summed E-state index contributed by atoms with van der Waals surface area (Å²) in [7, 11) is 3.94. The average molecular weight is 588 g/mol. The number of hydrogen-bond donors (Lipinski definition) is 1. The van der Waals surface area contributed by atoms with Crippen LogP contribution in [-0.4, -0.2) is 59.4 Å². The van der Waals surface area contributed by atoms with Crippen LogP contribution in [0, 0.1) is 0 Å². The predicted molar refractivity (Wildman–Crippen MR) is 148 cm³/mol. The van der Waals surface area contributed by atoms with Gasteiger partial charge in [0.15, 0.2) is 0 Å². The van der Waals surface area contributed by atoms with E-state index in [-0.39, 0.29) is 6.54 Å². The Kier molecular flexibility index (Phi) is 7.96. The van der Waals surface area contributed by atoms with Gasteiger partial charge in [0.2, 0.25) is 0 Å². The SMILES string of the molecule is CN(C)c1ccc(-c2ccc(-c3nc4ccc(N(CCOCCI)C(=O)O)cc4s3)cc2)cn1. The van der Waals surface area contributed by atoms with E-state index >= 15 is 0 Å². The van der Waals surface area contributed by atoms with Gasteiger partial charge in [-0.3, -0.25) is 4.90 Å². The molecule has 34 heavy (non-hydrogen) atoms. The molecule has 0 saturated heterocycles. The zero-order chi connectivity index (χ0) is 24.1. The number of fused-ring (bicyclic) bond motifs is 1. The van der Waals surface area contributed by atoms with Crippen LogP contribution in [0.1, 0.15) is 0 Å². The standard InChI is InChI=1S/C25H25IN4O3S/c1-29(2)23-10-7-19(16-27-23)17-3-5-18(6-4-17)24-28-21-9-8-20(15-22(21)34-24)30(25(31)32)12-14-33-13-11-26/h3-10,15-16H,11-14H2,1-2H3,(H,31,32). The van der Waals surface area contributed by atoms with E-state index in [4.69, 9.17) is 9.72 Å². The summed E-state index contributed by atoms with van der Waals surface area (Å²) in [5, 5.41) is 10.5. The third-order valence-corrected chi connectivity index (χ3v) is 6.77. The fraction of sp³-hybridized carbons (Fsp3) is 0.240.